The average Bonchev–Trinajstić information content (AvgIpc) is 3.11. The number of aromatic nitrogens is 6. The molecule has 8 nitrogen and oxygen atoms in total. The van der Waals surface area contributed by atoms with Crippen LogP contribution >= 0.6 is 0 Å². The molecular formula is C17H21N7O. The topological polar surface area (TPSA) is 90.5 Å². The van der Waals surface area contributed by atoms with Gasteiger partial charge < -0.3 is 5.32 Å². The van der Waals surface area contributed by atoms with Gasteiger partial charge in [-0.3, -0.25) is 9.48 Å². The maximum absolute atomic E-state index is 12.6. The molecule has 3 aromatic heterocycles. The van der Waals surface area contributed by atoms with E-state index in [0.717, 1.165) is 17.1 Å². The number of carbonyl (C=O) groups excluding carboxylic acids is 1. The zero-order valence-electron chi connectivity index (χ0n) is 15.0. The van der Waals surface area contributed by atoms with Gasteiger partial charge >= 0.3 is 0 Å². The molecule has 3 rings (SSSR count). The van der Waals surface area contributed by atoms with E-state index in [1.807, 2.05) is 33.0 Å². The van der Waals surface area contributed by atoms with E-state index in [-0.39, 0.29) is 11.8 Å². The van der Waals surface area contributed by atoms with E-state index in [2.05, 4.69) is 39.6 Å². The fraction of sp³-hybridized carbons (Fsp3) is 0.353. The van der Waals surface area contributed by atoms with Crippen LogP contribution < -0.4 is 5.32 Å². The molecule has 0 saturated heterocycles. The average molecular weight is 339 g/mol. The second-order valence-corrected chi connectivity index (χ2v) is 6.30. The molecule has 0 aliphatic rings. The minimum absolute atomic E-state index is 0.287. The predicted molar refractivity (Wildman–Crippen MR) is 93.9 cm³/mol. The van der Waals surface area contributed by atoms with Crippen molar-refractivity contribution in [3.05, 3.63) is 47.0 Å². The maximum atomic E-state index is 12.6. The van der Waals surface area contributed by atoms with Gasteiger partial charge in [0, 0.05) is 18.8 Å². The molecule has 3 aromatic rings. The standard InChI is InChI=1S/C17H21N7O/c1-10(2)14-9-13(22-23(14)5)17(25)18-16-8-12(4)21-24(16)15-7-6-11(3)19-20-15/h6-10H,1-5H3,(H,18,25). The van der Waals surface area contributed by atoms with E-state index in [4.69, 9.17) is 0 Å². The molecule has 0 aliphatic heterocycles. The lowest BCUT2D eigenvalue weighted by molar-refractivity contribution is 0.102. The normalized spacial score (nSPS) is 11.1. The molecule has 25 heavy (non-hydrogen) atoms. The Hall–Kier alpha value is -3.03. The first-order valence-electron chi connectivity index (χ1n) is 8.08. The van der Waals surface area contributed by atoms with Gasteiger partial charge in [-0.25, -0.2) is 0 Å². The number of rotatable bonds is 4. The van der Waals surface area contributed by atoms with E-state index < -0.39 is 0 Å². The molecule has 0 spiro atoms. The molecule has 1 amide bonds. The summed E-state index contributed by atoms with van der Waals surface area (Å²) in [7, 11) is 1.84. The highest BCUT2D eigenvalue weighted by molar-refractivity contribution is 6.02. The molecular weight excluding hydrogens is 318 g/mol. The van der Waals surface area contributed by atoms with Gasteiger partial charge in [0.05, 0.1) is 11.4 Å². The van der Waals surface area contributed by atoms with Crippen LogP contribution in [0.1, 0.15) is 47.3 Å². The first-order chi connectivity index (χ1) is 11.8. The van der Waals surface area contributed by atoms with Crippen molar-refractivity contribution in [2.24, 2.45) is 7.05 Å². The third-order valence-corrected chi connectivity index (χ3v) is 3.81. The van der Waals surface area contributed by atoms with Crippen molar-refractivity contribution >= 4 is 11.7 Å². The number of nitrogens with zero attached hydrogens (tertiary/aromatic N) is 6. The summed E-state index contributed by atoms with van der Waals surface area (Å²) in [4.78, 5) is 12.6. The van der Waals surface area contributed by atoms with Gasteiger partial charge in [-0.15, -0.1) is 5.10 Å². The lowest BCUT2D eigenvalue weighted by atomic mass is 10.1. The SMILES string of the molecule is Cc1ccc(-n2nc(C)cc2NC(=O)c2cc(C(C)C)n(C)n2)nn1. The van der Waals surface area contributed by atoms with Crippen molar-refractivity contribution < 1.29 is 4.79 Å². The Kier molecular flexibility index (Phi) is 4.35. The summed E-state index contributed by atoms with van der Waals surface area (Å²) in [6.45, 7) is 7.84. The van der Waals surface area contributed by atoms with Crippen LogP contribution in [-0.2, 0) is 7.05 Å². The summed E-state index contributed by atoms with van der Waals surface area (Å²) in [5, 5.41) is 19.7. The van der Waals surface area contributed by atoms with Gasteiger partial charge in [0.1, 0.15) is 5.82 Å². The molecule has 0 aromatic carbocycles. The molecule has 0 saturated carbocycles. The Morgan fingerprint density at radius 1 is 1.08 bits per heavy atom. The fourth-order valence-corrected chi connectivity index (χ4v) is 2.58. The highest BCUT2D eigenvalue weighted by Crippen LogP contribution is 2.18. The van der Waals surface area contributed by atoms with Crippen molar-refractivity contribution in [2.45, 2.75) is 33.6 Å². The second-order valence-electron chi connectivity index (χ2n) is 6.30. The number of carbonyl (C=O) groups is 1. The highest BCUT2D eigenvalue weighted by atomic mass is 16.2. The third kappa shape index (κ3) is 3.42. The molecule has 8 heteroatoms. The number of nitrogens with one attached hydrogen (secondary N) is 1. The summed E-state index contributed by atoms with van der Waals surface area (Å²) in [5.74, 6) is 1.06. The molecule has 0 bridgehead atoms. The monoisotopic (exact) mass is 339 g/mol. The zero-order chi connectivity index (χ0) is 18.1. The van der Waals surface area contributed by atoms with Gasteiger partial charge in [-0.05, 0) is 38.0 Å². The van der Waals surface area contributed by atoms with E-state index >= 15 is 0 Å². The molecule has 130 valence electrons. The van der Waals surface area contributed by atoms with Crippen molar-refractivity contribution in [2.75, 3.05) is 5.32 Å². The number of hydrogen-bond donors (Lipinski definition) is 1. The molecule has 0 aliphatic carbocycles. The van der Waals surface area contributed by atoms with Crippen LogP contribution in [0.15, 0.2) is 24.3 Å². The van der Waals surface area contributed by atoms with Crippen LogP contribution in [0.2, 0.25) is 0 Å². The largest absolute Gasteiger partial charge is 0.305 e. The van der Waals surface area contributed by atoms with E-state index in [0.29, 0.717) is 17.3 Å². The van der Waals surface area contributed by atoms with Crippen molar-refractivity contribution in [3.8, 4) is 5.82 Å². The predicted octanol–water partition coefficient (Wildman–Crippen LogP) is 2.39. The molecule has 0 fully saturated rings. The van der Waals surface area contributed by atoms with Gasteiger partial charge in [0.2, 0.25) is 0 Å². The highest BCUT2D eigenvalue weighted by Gasteiger charge is 2.17. The minimum Gasteiger partial charge on any atom is -0.305 e. The van der Waals surface area contributed by atoms with Crippen LogP contribution in [0.25, 0.3) is 5.82 Å². The van der Waals surface area contributed by atoms with Crippen LogP contribution in [0.4, 0.5) is 5.82 Å². The zero-order valence-corrected chi connectivity index (χ0v) is 15.0. The van der Waals surface area contributed by atoms with Gasteiger partial charge in [0.15, 0.2) is 11.5 Å². The Bertz CT molecular complexity index is 906. The molecule has 0 unspecified atom stereocenters. The first-order valence-corrected chi connectivity index (χ1v) is 8.08. The van der Waals surface area contributed by atoms with E-state index in [1.165, 1.54) is 0 Å². The number of anilines is 1. The first kappa shape index (κ1) is 16.8. The minimum atomic E-state index is -0.288. The Labute approximate surface area is 145 Å². The van der Waals surface area contributed by atoms with E-state index in [1.54, 1.807) is 21.5 Å². The lowest BCUT2D eigenvalue weighted by Gasteiger charge is -2.06. The van der Waals surface area contributed by atoms with Gasteiger partial charge in [-0.2, -0.15) is 20.0 Å². The number of amides is 1. The lowest BCUT2D eigenvalue weighted by Crippen LogP contribution is -2.16. The Balaban J connectivity index is 1.89. The molecule has 1 N–H and O–H groups in total. The van der Waals surface area contributed by atoms with Gasteiger partial charge in [0.25, 0.3) is 5.91 Å². The fourth-order valence-electron chi connectivity index (χ4n) is 2.58. The maximum Gasteiger partial charge on any atom is 0.277 e. The summed E-state index contributed by atoms with van der Waals surface area (Å²) >= 11 is 0. The summed E-state index contributed by atoms with van der Waals surface area (Å²) in [6.07, 6.45) is 0. The summed E-state index contributed by atoms with van der Waals surface area (Å²) < 4.78 is 3.29. The summed E-state index contributed by atoms with van der Waals surface area (Å²) in [6, 6.07) is 7.24. The number of hydrogen-bond acceptors (Lipinski definition) is 5. The third-order valence-electron chi connectivity index (χ3n) is 3.81. The van der Waals surface area contributed by atoms with Crippen LogP contribution in [-0.4, -0.2) is 35.7 Å². The Morgan fingerprint density at radius 3 is 2.44 bits per heavy atom. The summed E-state index contributed by atoms with van der Waals surface area (Å²) in [5.41, 5.74) is 2.94. The number of aryl methyl sites for hydroxylation is 3. The van der Waals surface area contributed by atoms with Crippen molar-refractivity contribution in [3.63, 3.8) is 0 Å². The van der Waals surface area contributed by atoms with E-state index in [9.17, 15) is 4.79 Å². The van der Waals surface area contributed by atoms with Crippen LogP contribution in [0.3, 0.4) is 0 Å². The quantitative estimate of drug-likeness (QED) is 0.788. The molecule has 3 heterocycles. The second kappa shape index (κ2) is 6.46. The van der Waals surface area contributed by atoms with Crippen LogP contribution in [0.5, 0.6) is 0 Å². The van der Waals surface area contributed by atoms with Crippen molar-refractivity contribution in [1.29, 1.82) is 0 Å². The smallest absolute Gasteiger partial charge is 0.277 e. The Morgan fingerprint density at radius 2 is 1.84 bits per heavy atom. The van der Waals surface area contributed by atoms with Gasteiger partial charge in [-0.1, -0.05) is 13.8 Å². The molecule has 0 atom stereocenters. The van der Waals surface area contributed by atoms with Crippen LogP contribution in [0, 0.1) is 13.8 Å². The van der Waals surface area contributed by atoms with Crippen molar-refractivity contribution in [1.82, 2.24) is 29.8 Å². The molecule has 0 radical (unpaired) electrons.